The van der Waals surface area contributed by atoms with Gasteiger partial charge in [0.05, 0.1) is 16.7 Å². The first-order valence-electron chi connectivity index (χ1n) is 6.09. The van der Waals surface area contributed by atoms with Gasteiger partial charge in [-0.1, -0.05) is 6.07 Å². The number of halogens is 6. The van der Waals surface area contributed by atoms with Crippen molar-refractivity contribution in [1.29, 1.82) is 0 Å². The van der Waals surface area contributed by atoms with Crippen LogP contribution in [0.1, 0.15) is 21.5 Å². The number of carbonyl (C=O) groups excluding carboxylic acids is 1. The molecule has 1 aromatic carbocycles. The monoisotopic (exact) mass is 334 g/mol. The van der Waals surface area contributed by atoms with Gasteiger partial charge < -0.3 is 5.32 Å². The van der Waals surface area contributed by atoms with Gasteiger partial charge in [-0.05, 0) is 24.3 Å². The molecule has 2 aromatic rings. The fraction of sp³-hybridized carbons (Fsp3) is 0.143. The second-order valence-corrected chi connectivity index (χ2v) is 4.41. The van der Waals surface area contributed by atoms with Crippen LogP contribution >= 0.6 is 0 Å². The summed E-state index contributed by atoms with van der Waals surface area (Å²) < 4.78 is 77.7. The molecule has 1 heterocycles. The predicted octanol–water partition coefficient (Wildman–Crippen LogP) is 4.37. The number of pyridine rings is 1. The van der Waals surface area contributed by atoms with Crippen LogP contribution in [0.15, 0.2) is 42.7 Å². The van der Waals surface area contributed by atoms with Crippen LogP contribution in [0.3, 0.4) is 0 Å². The summed E-state index contributed by atoms with van der Waals surface area (Å²) >= 11 is 0. The van der Waals surface area contributed by atoms with Crippen molar-refractivity contribution < 1.29 is 31.1 Å². The minimum Gasteiger partial charge on any atom is -0.322 e. The largest absolute Gasteiger partial charge is 0.417 e. The average Bonchev–Trinajstić information content (AvgIpc) is 2.45. The molecule has 0 saturated heterocycles. The zero-order valence-corrected chi connectivity index (χ0v) is 11.2. The van der Waals surface area contributed by atoms with Crippen molar-refractivity contribution in [3.63, 3.8) is 0 Å². The molecule has 1 N–H and O–H groups in total. The topological polar surface area (TPSA) is 42.0 Å². The highest BCUT2D eigenvalue weighted by Gasteiger charge is 2.42. The van der Waals surface area contributed by atoms with E-state index in [2.05, 4.69) is 4.98 Å². The predicted molar refractivity (Wildman–Crippen MR) is 68.6 cm³/mol. The summed E-state index contributed by atoms with van der Waals surface area (Å²) in [6.07, 6.45) is -7.75. The number of benzene rings is 1. The normalized spacial score (nSPS) is 12.1. The molecule has 1 amide bonds. The third kappa shape index (κ3) is 3.79. The van der Waals surface area contributed by atoms with Gasteiger partial charge in [-0.25, -0.2) is 0 Å². The molecule has 0 fully saturated rings. The third-order valence-electron chi connectivity index (χ3n) is 2.84. The van der Waals surface area contributed by atoms with E-state index in [1.165, 1.54) is 24.5 Å². The highest BCUT2D eigenvalue weighted by Crippen LogP contribution is 2.39. The Labute approximate surface area is 126 Å². The zero-order valence-electron chi connectivity index (χ0n) is 11.2. The van der Waals surface area contributed by atoms with Crippen LogP contribution in [0, 0.1) is 0 Å². The molecule has 0 aliphatic carbocycles. The molecule has 9 heteroatoms. The number of carbonyl (C=O) groups is 1. The number of hydrogen-bond acceptors (Lipinski definition) is 2. The Morgan fingerprint density at radius 2 is 1.35 bits per heavy atom. The summed E-state index contributed by atoms with van der Waals surface area (Å²) in [7, 11) is 0. The van der Waals surface area contributed by atoms with Gasteiger partial charge in [-0.2, -0.15) is 26.3 Å². The minimum atomic E-state index is -5.10. The van der Waals surface area contributed by atoms with Gasteiger partial charge in [0.1, 0.15) is 0 Å². The summed E-state index contributed by atoms with van der Waals surface area (Å²) in [4.78, 5) is 15.6. The van der Waals surface area contributed by atoms with E-state index in [1.807, 2.05) is 5.32 Å². The Hall–Kier alpha value is -2.58. The fourth-order valence-corrected chi connectivity index (χ4v) is 1.90. The summed E-state index contributed by atoms with van der Waals surface area (Å²) in [5.74, 6) is -1.50. The van der Waals surface area contributed by atoms with Crippen LogP contribution in [-0.4, -0.2) is 10.9 Å². The van der Waals surface area contributed by atoms with Crippen molar-refractivity contribution in [2.75, 3.05) is 5.32 Å². The van der Waals surface area contributed by atoms with Crippen molar-refractivity contribution in [2.45, 2.75) is 12.4 Å². The zero-order chi connectivity index (χ0) is 17.3. The van der Waals surface area contributed by atoms with Crippen LogP contribution in [-0.2, 0) is 12.4 Å². The van der Waals surface area contributed by atoms with Crippen molar-refractivity contribution >= 4 is 11.6 Å². The van der Waals surface area contributed by atoms with E-state index in [-0.39, 0.29) is 5.69 Å². The number of alkyl halides is 6. The van der Waals surface area contributed by atoms with Crippen LogP contribution in [0.2, 0.25) is 0 Å². The van der Waals surface area contributed by atoms with E-state index < -0.39 is 35.0 Å². The van der Waals surface area contributed by atoms with E-state index in [0.29, 0.717) is 18.2 Å². The Bertz CT molecular complexity index is 677. The molecule has 0 bridgehead atoms. The van der Waals surface area contributed by atoms with Crippen molar-refractivity contribution in [2.24, 2.45) is 0 Å². The summed E-state index contributed by atoms with van der Waals surface area (Å²) in [6.45, 7) is 0. The quantitative estimate of drug-likeness (QED) is 0.829. The maximum Gasteiger partial charge on any atom is 0.417 e. The Kier molecular flexibility index (Phi) is 4.31. The van der Waals surface area contributed by atoms with Gasteiger partial charge in [0.15, 0.2) is 0 Å². The first kappa shape index (κ1) is 16.8. The van der Waals surface area contributed by atoms with E-state index in [1.54, 1.807) is 0 Å². The van der Waals surface area contributed by atoms with E-state index in [9.17, 15) is 31.1 Å². The van der Waals surface area contributed by atoms with Crippen LogP contribution in [0.4, 0.5) is 32.0 Å². The van der Waals surface area contributed by atoms with Gasteiger partial charge in [0.25, 0.3) is 5.91 Å². The van der Waals surface area contributed by atoms with Gasteiger partial charge in [0.2, 0.25) is 0 Å². The molecule has 0 spiro atoms. The van der Waals surface area contributed by atoms with Gasteiger partial charge in [-0.3, -0.25) is 9.78 Å². The summed E-state index contributed by atoms with van der Waals surface area (Å²) in [6, 6.07) is 3.94. The maximum atomic E-state index is 13.0. The molecule has 0 aliphatic heterocycles. The minimum absolute atomic E-state index is 0.0232. The lowest BCUT2D eigenvalue weighted by Crippen LogP contribution is -2.24. The smallest absolute Gasteiger partial charge is 0.322 e. The number of nitrogens with one attached hydrogen (secondary N) is 1. The van der Waals surface area contributed by atoms with Crippen LogP contribution in [0.5, 0.6) is 0 Å². The van der Waals surface area contributed by atoms with Crippen LogP contribution in [0.25, 0.3) is 0 Å². The lowest BCUT2D eigenvalue weighted by Gasteiger charge is -2.18. The number of rotatable bonds is 2. The molecule has 23 heavy (non-hydrogen) atoms. The molecule has 0 atom stereocenters. The maximum absolute atomic E-state index is 13.0. The number of aromatic nitrogens is 1. The standard InChI is InChI=1S/C14H8F6N2O/c15-13(16,17)9-2-1-3-10(14(18,19)20)11(9)12(23)22-8-4-6-21-7-5-8/h1-7H,(H,21,22,23). The molecule has 1 aromatic heterocycles. The van der Waals surface area contributed by atoms with Crippen molar-refractivity contribution in [1.82, 2.24) is 4.98 Å². The SMILES string of the molecule is O=C(Nc1ccncc1)c1c(C(F)(F)F)cccc1C(F)(F)F. The van der Waals surface area contributed by atoms with E-state index in [4.69, 9.17) is 0 Å². The molecular formula is C14H8F6N2O. The Morgan fingerprint density at radius 1 is 0.870 bits per heavy atom. The summed E-state index contributed by atoms with van der Waals surface area (Å²) in [5.41, 5.74) is -4.75. The molecule has 3 nitrogen and oxygen atoms in total. The van der Waals surface area contributed by atoms with Gasteiger partial charge in [0, 0.05) is 18.1 Å². The first-order valence-corrected chi connectivity index (χ1v) is 6.09. The van der Waals surface area contributed by atoms with Gasteiger partial charge in [-0.15, -0.1) is 0 Å². The number of hydrogen-bond donors (Lipinski definition) is 1. The second kappa shape index (κ2) is 5.90. The van der Waals surface area contributed by atoms with E-state index in [0.717, 1.165) is 0 Å². The highest BCUT2D eigenvalue weighted by atomic mass is 19.4. The van der Waals surface area contributed by atoms with Crippen LogP contribution < -0.4 is 5.32 Å². The molecule has 0 saturated carbocycles. The highest BCUT2D eigenvalue weighted by molar-refractivity contribution is 6.06. The van der Waals surface area contributed by atoms with Gasteiger partial charge >= 0.3 is 12.4 Å². The van der Waals surface area contributed by atoms with Crippen molar-refractivity contribution in [3.05, 3.63) is 59.4 Å². The Balaban J connectivity index is 2.56. The lowest BCUT2D eigenvalue weighted by molar-refractivity contribution is -0.143. The van der Waals surface area contributed by atoms with Crippen molar-refractivity contribution in [3.8, 4) is 0 Å². The lowest BCUT2D eigenvalue weighted by atomic mass is 9.99. The average molecular weight is 334 g/mol. The Morgan fingerprint density at radius 3 is 1.78 bits per heavy atom. The summed E-state index contributed by atoms with van der Waals surface area (Å²) in [5, 5.41) is 2.00. The molecule has 122 valence electrons. The third-order valence-corrected chi connectivity index (χ3v) is 2.84. The molecule has 0 radical (unpaired) electrons. The van der Waals surface area contributed by atoms with E-state index >= 15 is 0 Å². The number of nitrogens with zero attached hydrogens (tertiary/aromatic N) is 1. The molecule has 2 rings (SSSR count). The molecule has 0 aliphatic rings. The second-order valence-electron chi connectivity index (χ2n) is 4.41. The first-order chi connectivity index (χ1) is 10.6. The molecule has 0 unspecified atom stereocenters. The molecular weight excluding hydrogens is 326 g/mol. The number of anilines is 1. The number of amides is 1. The fourth-order valence-electron chi connectivity index (χ4n) is 1.90.